The number of carbonyl (C=O) groups excluding carboxylic acids is 1. The molecule has 0 aliphatic heterocycles. The van der Waals surface area contributed by atoms with Crippen LogP contribution >= 0.6 is 0 Å². The van der Waals surface area contributed by atoms with Gasteiger partial charge in [-0.25, -0.2) is 8.42 Å². The molecule has 5 nitrogen and oxygen atoms in total. The van der Waals surface area contributed by atoms with Crippen LogP contribution in [0.2, 0.25) is 0 Å². The normalized spacial score (nSPS) is 11.4. The number of hydrogen-bond donors (Lipinski definition) is 2. The molecule has 2 N–H and O–H groups in total. The van der Waals surface area contributed by atoms with E-state index in [0.29, 0.717) is 29.3 Å². The van der Waals surface area contributed by atoms with Crippen LogP contribution in [0.15, 0.2) is 48.5 Å². The molecular formula is C20H26N2O3S. The molecule has 0 heterocycles. The number of anilines is 2. The Morgan fingerprint density at radius 1 is 0.962 bits per heavy atom. The summed E-state index contributed by atoms with van der Waals surface area (Å²) in [5.74, 6) is 0.460. The van der Waals surface area contributed by atoms with Gasteiger partial charge < -0.3 is 5.32 Å². The van der Waals surface area contributed by atoms with E-state index in [1.165, 1.54) is 5.56 Å². The van der Waals surface area contributed by atoms with Crippen molar-refractivity contribution in [2.24, 2.45) is 5.92 Å². The Morgan fingerprint density at radius 3 is 2.08 bits per heavy atom. The van der Waals surface area contributed by atoms with E-state index in [4.69, 9.17) is 0 Å². The summed E-state index contributed by atoms with van der Waals surface area (Å²) in [7, 11) is -3.31. The van der Waals surface area contributed by atoms with Crippen LogP contribution in [-0.4, -0.2) is 20.1 Å². The number of sulfonamides is 1. The van der Waals surface area contributed by atoms with Crippen molar-refractivity contribution in [2.45, 2.75) is 33.6 Å². The zero-order valence-electron chi connectivity index (χ0n) is 15.5. The minimum absolute atomic E-state index is 0.0816. The summed E-state index contributed by atoms with van der Waals surface area (Å²) in [5, 5.41) is 2.82. The number of nitrogens with one attached hydrogen (secondary N) is 2. The summed E-state index contributed by atoms with van der Waals surface area (Å²) in [6, 6.07) is 14.2. The smallest absolute Gasteiger partial charge is 0.255 e. The van der Waals surface area contributed by atoms with Gasteiger partial charge in [-0.3, -0.25) is 9.52 Å². The Morgan fingerprint density at radius 2 is 1.54 bits per heavy atom. The number of rotatable bonds is 8. The van der Waals surface area contributed by atoms with E-state index in [2.05, 4.69) is 23.9 Å². The maximum absolute atomic E-state index is 12.3. The van der Waals surface area contributed by atoms with Gasteiger partial charge in [-0.15, -0.1) is 0 Å². The van der Waals surface area contributed by atoms with Crippen LogP contribution in [-0.2, 0) is 16.4 Å². The average Bonchev–Trinajstić information content (AvgIpc) is 2.56. The molecule has 0 aromatic heterocycles. The molecule has 0 fully saturated rings. The maximum atomic E-state index is 12.3. The first-order valence-corrected chi connectivity index (χ1v) is 10.4. The van der Waals surface area contributed by atoms with Gasteiger partial charge in [-0.05, 0) is 60.7 Å². The molecule has 0 spiro atoms. The second-order valence-electron chi connectivity index (χ2n) is 6.75. The fraction of sp³-hybridized carbons (Fsp3) is 0.350. The SMILES string of the molecule is CCCS(=O)(=O)Nc1ccc(NC(=O)c2ccc(CC(C)C)cc2)cc1. The summed E-state index contributed by atoms with van der Waals surface area (Å²) in [5.41, 5.74) is 2.89. The van der Waals surface area contributed by atoms with Gasteiger partial charge in [0.1, 0.15) is 0 Å². The summed E-state index contributed by atoms with van der Waals surface area (Å²) in [6.45, 7) is 6.13. The highest BCUT2D eigenvalue weighted by atomic mass is 32.2. The molecule has 140 valence electrons. The molecule has 2 aromatic carbocycles. The lowest BCUT2D eigenvalue weighted by Gasteiger charge is -2.10. The molecule has 0 bridgehead atoms. The zero-order chi connectivity index (χ0) is 19.2. The first-order chi connectivity index (χ1) is 12.3. The number of benzene rings is 2. The minimum Gasteiger partial charge on any atom is -0.322 e. The molecule has 0 aliphatic carbocycles. The molecule has 0 saturated carbocycles. The van der Waals surface area contributed by atoms with Crippen molar-refractivity contribution in [2.75, 3.05) is 15.8 Å². The highest BCUT2D eigenvalue weighted by molar-refractivity contribution is 7.92. The summed E-state index contributed by atoms with van der Waals surface area (Å²) in [6.07, 6.45) is 1.54. The number of hydrogen-bond acceptors (Lipinski definition) is 3. The van der Waals surface area contributed by atoms with Gasteiger partial charge in [0.25, 0.3) is 5.91 Å². The van der Waals surface area contributed by atoms with Crippen molar-refractivity contribution in [1.29, 1.82) is 0 Å². The Bertz CT molecular complexity index is 826. The second kappa shape index (κ2) is 8.85. The largest absolute Gasteiger partial charge is 0.322 e. The molecule has 0 atom stereocenters. The van der Waals surface area contributed by atoms with E-state index >= 15 is 0 Å². The summed E-state index contributed by atoms with van der Waals surface area (Å²) < 4.78 is 26.0. The predicted octanol–water partition coefficient (Wildman–Crippen LogP) is 4.29. The van der Waals surface area contributed by atoms with Crippen LogP contribution in [0.3, 0.4) is 0 Å². The lowest BCUT2D eigenvalue weighted by molar-refractivity contribution is 0.102. The number of amides is 1. The van der Waals surface area contributed by atoms with E-state index in [9.17, 15) is 13.2 Å². The van der Waals surface area contributed by atoms with Gasteiger partial charge in [0.05, 0.1) is 5.75 Å². The highest BCUT2D eigenvalue weighted by Crippen LogP contribution is 2.17. The van der Waals surface area contributed by atoms with Crippen molar-refractivity contribution < 1.29 is 13.2 Å². The van der Waals surface area contributed by atoms with Crippen LogP contribution in [0.1, 0.15) is 43.1 Å². The Labute approximate surface area is 155 Å². The molecule has 6 heteroatoms. The lowest BCUT2D eigenvalue weighted by atomic mass is 10.0. The molecule has 1 amide bonds. The molecule has 26 heavy (non-hydrogen) atoms. The van der Waals surface area contributed by atoms with E-state index in [1.54, 1.807) is 24.3 Å². The van der Waals surface area contributed by atoms with Crippen LogP contribution in [0.4, 0.5) is 11.4 Å². The standard InChI is InChI=1S/C20H26N2O3S/c1-4-13-26(24,25)22-19-11-9-18(10-12-19)21-20(23)17-7-5-16(6-8-17)14-15(2)3/h5-12,15,22H,4,13-14H2,1-3H3,(H,21,23). The molecular weight excluding hydrogens is 348 g/mol. The monoisotopic (exact) mass is 374 g/mol. The van der Waals surface area contributed by atoms with E-state index in [-0.39, 0.29) is 11.7 Å². The number of carbonyl (C=O) groups is 1. The van der Waals surface area contributed by atoms with Crippen molar-refractivity contribution in [1.82, 2.24) is 0 Å². The predicted molar refractivity (Wildman–Crippen MR) is 107 cm³/mol. The van der Waals surface area contributed by atoms with Gasteiger partial charge in [0.15, 0.2) is 0 Å². The molecule has 0 radical (unpaired) electrons. The van der Waals surface area contributed by atoms with Crippen molar-refractivity contribution in [3.05, 3.63) is 59.7 Å². The van der Waals surface area contributed by atoms with E-state index in [0.717, 1.165) is 6.42 Å². The first-order valence-electron chi connectivity index (χ1n) is 8.80. The molecule has 0 aliphatic rings. The van der Waals surface area contributed by atoms with Crippen molar-refractivity contribution >= 4 is 27.3 Å². The van der Waals surface area contributed by atoms with E-state index < -0.39 is 10.0 Å². The fourth-order valence-electron chi connectivity index (χ4n) is 2.59. The summed E-state index contributed by atoms with van der Waals surface area (Å²) in [4.78, 5) is 12.3. The first kappa shape index (κ1) is 20.0. The van der Waals surface area contributed by atoms with Crippen molar-refractivity contribution in [3.63, 3.8) is 0 Å². The van der Waals surface area contributed by atoms with Crippen LogP contribution in [0.5, 0.6) is 0 Å². The third kappa shape index (κ3) is 6.19. The summed E-state index contributed by atoms with van der Waals surface area (Å²) >= 11 is 0. The van der Waals surface area contributed by atoms with Crippen LogP contribution < -0.4 is 10.0 Å². The second-order valence-corrected chi connectivity index (χ2v) is 8.59. The van der Waals surface area contributed by atoms with Gasteiger partial charge in [-0.1, -0.05) is 32.9 Å². The van der Waals surface area contributed by atoms with Gasteiger partial charge in [0, 0.05) is 16.9 Å². The third-order valence-electron chi connectivity index (χ3n) is 3.75. The average molecular weight is 375 g/mol. The minimum atomic E-state index is -3.31. The highest BCUT2D eigenvalue weighted by Gasteiger charge is 2.10. The maximum Gasteiger partial charge on any atom is 0.255 e. The van der Waals surface area contributed by atoms with Crippen LogP contribution in [0.25, 0.3) is 0 Å². The quantitative estimate of drug-likeness (QED) is 0.724. The van der Waals surface area contributed by atoms with Gasteiger partial charge >= 0.3 is 0 Å². The van der Waals surface area contributed by atoms with Crippen LogP contribution in [0, 0.1) is 5.92 Å². The van der Waals surface area contributed by atoms with Gasteiger partial charge in [0.2, 0.25) is 10.0 Å². The zero-order valence-corrected chi connectivity index (χ0v) is 16.3. The Hall–Kier alpha value is -2.34. The molecule has 0 saturated heterocycles. The Balaban J connectivity index is 1.99. The Kier molecular flexibility index (Phi) is 6.80. The van der Waals surface area contributed by atoms with Crippen molar-refractivity contribution in [3.8, 4) is 0 Å². The molecule has 2 aromatic rings. The van der Waals surface area contributed by atoms with Gasteiger partial charge in [-0.2, -0.15) is 0 Å². The third-order valence-corrected chi connectivity index (χ3v) is 5.24. The molecule has 2 rings (SSSR count). The lowest BCUT2D eigenvalue weighted by Crippen LogP contribution is -2.16. The van der Waals surface area contributed by atoms with E-state index in [1.807, 2.05) is 31.2 Å². The fourth-order valence-corrected chi connectivity index (χ4v) is 3.72. The molecule has 0 unspecified atom stereocenters. The topological polar surface area (TPSA) is 75.3 Å².